The molecule has 0 spiro atoms. The third-order valence-electron chi connectivity index (χ3n) is 3.86. The average molecular weight is 381 g/mol. The molecule has 0 unspecified atom stereocenters. The van der Waals surface area contributed by atoms with Crippen molar-refractivity contribution < 1.29 is 23.9 Å². The molecular formula is C22H23NO5. The molecule has 2 aromatic rings. The quantitative estimate of drug-likeness (QED) is 0.562. The monoisotopic (exact) mass is 381 g/mol. The van der Waals surface area contributed by atoms with Crippen LogP contribution in [0.1, 0.15) is 31.0 Å². The Morgan fingerprint density at radius 2 is 1.39 bits per heavy atom. The second kappa shape index (κ2) is 10.7. The van der Waals surface area contributed by atoms with Gasteiger partial charge >= 0.3 is 11.9 Å². The van der Waals surface area contributed by atoms with E-state index in [2.05, 4.69) is 10.1 Å². The molecule has 1 N–H and O–H groups in total. The number of nitrogens with one attached hydrogen (secondary N) is 1. The van der Waals surface area contributed by atoms with Gasteiger partial charge in [-0.2, -0.15) is 0 Å². The number of amides is 1. The number of rotatable bonds is 8. The fourth-order valence-corrected chi connectivity index (χ4v) is 2.50. The van der Waals surface area contributed by atoms with Crippen molar-refractivity contribution >= 4 is 17.8 Å². The summed E-state index contributed by atoms with van der Waals surface area (Å²) in [5, 5.41) is 2.91. The summed E-state index contributed by atoms with van der Waals surface area (Å²) < 4.78 is 9.75. The highest BCUT2D eigenvalue weighted by molar-refractivity contribution is 5.93. The lowest BCUT2D eigenvalue weighted by atomic mass is 9.98. The van der Waals surface area contributed by atoms with Crippen LogP contribution in [-0.2, 0) is 23.9 Å². The van der Waals surface area contributed by atoms with Crippen molar-refractivity contribution in [3.8, 4) is 0 Å². The van der Waals surface area contributed by atoms with Gasteiger partial charge in [-0.1, -0.05) is 60.7 Å². The van der Waals surface area contributed by atoms with E-state index in [0.717, 1.165) is 23.3 Å². The molecule has 146 valence electrons. The summed E-state index contributed by atoms with van der Waals surface area (Å²) in [5.74, 6) is -1.90. The van der Waals surface area contributed by atoms with Crippen LogP contribution in [0.5, 0.6) is 0 Å². The van der Waals surface area contributed by atoms with Gasteiger partial charge in [0, 0.05) is 12.2 Å². The van der Waals surface area contributed by atoms with Crippen molar-refractivity contribution in [2.24, 2.45) is 0 Å². The predicted octanol–water partition coefficient (Wildman–Crippen LogP) is 2.94. The van der Waals surface area contributed by atoms with Crippen molar-refractivity contribution in [1.29, 1.82) is 0 Å². The van der Waals surface area contributed by atoms with Crippen LogP contribution in [0.15, 0.2) is 72.8 Å². The molecule has 1 amide bonds. The van der Waals surface area contributed by atoms with E-state index in [-0.39, 0.29) is 12.6 Å². The molecule has 2 aromatic carbocycles. The lowest BCUT2D eigenvalue weighted by molar-refractivity contribution is -0.150. The first-order valence-corrected chi connectivity index (χ1v) is 8.97. The van der Waals surface area contributed by atoms with E-state index >= 15 is 0 Å². The molecule has 0 radical (unpaired) electrons. The van der Waals surface area contributed by atoms with Crippen LogP contribution in [0, 0.1) is 0 Å². The summed E-state index contributed by atoms with van der Waals surface area (Å²) in [5.41, 5.74) is 1.81. The number of hydrogen-bond acceptors (Lipinski definition) is 5. The van der Waals surface area contributed by atoms with Gasteiger partial charge in [0.05, 0.1) is 12.6 Å². The minimum Gasteiger partial charge on any atom is -0.463 e. The van der Waals surface area contributed by atoms with Crippen LogP contribution >= 0.6 is 0 Å². The van der Waals surface area contributed by atoms with Gasteiger partial charge in [-0.25, -0.2) is 9.59 Å². The van der Waals surface area contributed by atoms with Crippen molar-refractivity contribution in [2.45, 2.75) is 26.0 Å². The first-order chi connectivity index (χ1) is 13.5. The van der Waals surface area contributed by atoms with E-state index in [1.807, 2.05) is 60.7 Å². The van der Waals surface area contributed by atoms with Crippen molar-refractivity contribution in [1.82, 2.24) is 5.32 Å². The molecule has 0 bridgehead atoms. The Morgan fingerprint density at radius 3 is 1.89 bits per heavy atom. The van der Waals surface area contributed by atoms with Crippen molar-refractivity contribution in [2.75, 3.05) is 6.61 Å². The van der Waals surface area contributed by atoms with Crippen molar-refractivity contribution in [3.63, 3.8) is 0 Å². The Labute approximate surface area is 164 Å². The maximum absolute atomic E-state index is 12.6. The Balaban J connectivity index is 2.05. The number of benzene rings is 2. The van der Waals surface area contributed by atoms with Crippen LogP contribution in [0.3, 0.4) is 0 Å². The largest absolute Gasteiger partial charge is 0.463 e. The number of ether oxygens (including phenoxy) is 2. The third-order valence-corrected chi connectivity index (χ3v) is 3.86. The van der Waals surface area contributed by atoms with Gasteiger partial charge in [0.15, 0.2) is 6.10 Å². The summed E-state index contributed by atoms with van der Waals surface area (Å²) in [6, 6.07) is 18.6. The van der Waals surface area contributed by atoms with Gasteiger partial charge in [-0.15, -0.1) is 0 Å². The maximum Gasteiger partial charge on any atom is 0.331 e. The van der Waals surface area contributed by atoms with E-state index in [0.29, 0.717) is 0 Å². The van der Waals surface area contributed by atoms with Crippen LogP contribution < -0.4 is 5.32 Å². The molecule has 0 heterocycles. The van der Waals surface area contributed by atoms with E-state index in [1.54, 1.807) is 6.92 Å². The fraction of sp³-hybridized carbons (Fsp3) is 0.227. The Bertz CT molecular complexity index is 778. The first kappa shape index (κ1) is 20.9. The van der Waals surface area contributed by atoms with Crippen LogP contribution in [0.2, 0.25) is 0 Å². The van der Waals surface area contributed by atoms with Gasteiger partial charge in [0.25, 0.3) is 5.91 Å². The normalized spacial score (nSPS) is 11.8. The molecule has 0 saturated carbocycles. The Morgan fingerprint density at radius 1 is 0.893 bits per heavy atom. The molecule has 0 saturated heterocycles. The SMILES string of the molecule is CCOC(=O)/C=C/C(=O)O[C@H](C)C(=O)NC(c1ccccc1)c1ccccc1. The zero-order valence-electron chi connectivity index (χ0n) is 15.8. The standard InChI is InChI=1S/C22H23NO5/c1-3-27-19(24)14-15-20(25)28-16(2)22(26)23-21(17-10-6-4-7-11-17)18-12-8-5-9-13-18/h4-16,21H,3H2,1-2H3,(H,23,26)/b15-14+/t16-/m1/s1. The van der Waals surface area contributed by atoms with Gasteiger partial charge in [-0.3, -0.25) is 4.79 Å². The first-order valence-electron chi connectivity index (χ1n) is 8.97. The summed E-state index contributed by atoms with van der Waals surface area (Å²) >= 11 is 0. The predicted molar refractivity (Wildman–Crippen MR) is 104 cm³/mol. The van der Waals surface area contributed by atoms with E-state index in [9.17, 15) is 14.4 Å². The topological polar surface area (TPSA) is 81.7 Å². The summed E-state index contributed by atoms with van der Waals surface area (Å²) in [6.07, 6.45) is 0.871. The number of carbonyl (C=O) groups excluding carboxylic acids is 3. The Hall–Kier alpha value is -3.41. The molecule has 0 aromatic heterocycles. The van der Waals surface area contributed by atoms with Gasteiger partial charge in [0.1, 0.15) is 0 Å². The molecule has 28 heavy (non-hydrogen) atoms. The molecule has 2 rings (SSSR count). The second-order valence-electron chi connectivity index (χ2n) is 5.93. The smallest absolute Gasteiger partial charge is 0.331 e. The fourth-order valence-electron chi connectivity index (χ4n) is 2.50. The van der Waals surface area contributed by atoms with E-state index < -0.39 is 23.9 Å². The molecule has 0 aliphatic heterocycles. The number of carbonyl (C=O) groups is 3. The van der Waals surface area contributed by atoms with Gasteiger partial charge < -0.3 is 14.8 Å². The van der Waals surface area contributed by atoms with Gasteiger partial charge in [0.2, 0.25) is 0 Å². The minimum atomic E-state index is -1.03. The van der Waals surface area contributed by atoms with E-state index in [1.165, 1.54) is 6.92 Å². The lowest BCUT2D eigenvalue weighted by Gasteiger charge is -2.22. The minimum absolute atomic E-state index is 0.206. The zero-order chi connectivity index (χ0) is 20.4. The summed E-state index contributed by atoms with van der Waals surface area (Å²) in [4.78, 5) is 35.6. The number of esters is 2. The molecule has 6 heteroatoms. The molecule has 1 atom stereocenters. The summed E-state index contributed by atoms with van der Waals surface area (Å²) in [6.45, 7) is 3.34. The van der Waals surface area contributed by atoms with Crippen LogP contribution in [0.4, 0.5) is 0 Å². The zero-order valence-corrected chi connectivity index (χ0v) is 15.8. The molecule has 0 fully saturated rings. The second-order valence-corrected chi connectivity index (χ2v) is 5.93. The molecular weight excluding hydrogens is 358 g/mol. The van der Waals surface area contributed by atoms with Crippen molar-refractivity contribution in [3.05, 3.63) is 83.9 Å². The maximum atomic E-state index is 12.6. The molecule has 6 nitrogen and oxygen atoms in total. The molecule has 0 aliphatic rings. The third kappa shape index (κ3) is 6.39. The highest BCUT2D eigenvalue weighted by Gasteiger charge is 2.22. The highest BCUT2D eigenvalue weighted by Crippen LogP contribution is 2.22. The number of hydrogen-bond donors (Lipinski definition) is 1. The molecule has 0 aliphatic carbocycles. The van der Waals surface area contributed by atoms with Crippen LogP contribution in [0.25, 0.3) is 0 Å². The summed E-state index contributed by atoms with van der Waals surface area (Å²) in [7, 11) is 0. The van der Waals surface area contributed by atoms with Crippen LogP contribution in [-0.4, -0.2) is 30.6 Å². The lowest BCUT2D eigenvalue weighted by Crippen LogP contribution is -2.38. The average Bonchev–Trinajstić information content (AvgIpc) is 2.71. The highest BCUT2D eigenvalue weighted by atomic mass is 16.5. The Kier molecular flexibility index (Phi) is 7.96. The van der Waals surface area contributed by atoms with Gasteiger partial charge in [-0.05, 0) is 25.0 Å². The van der Waals surface area contributed by atoms with E-state index in [4.69, 9.17) is 4.74 Å².